The number of unbranched alkanes of at least 4 members (excludes halogenated alkanes) is 3. The number of nitrogens with zero attached hydrogens (tertiary/aromatic N) is 3. The van der Waals surface area contributed by atoms with Gasteiger partial charge in [0, 0.05) is 43.5 Å². The molecule has 1 aromatic carbocycles. The number of hydrogen-bond donors (Lipinski definition) is 4. The first kappa shape index (κ1) is 66.0. The summed E-state index contributed by atoms with van der Waals surface area (Å²) >= 11 is 1.47. The number of hydrogen-bond acceptors (Lipinski definition) is 10. The van der Waals surface area contributed by atoms with E-state index in [1.807, 2.05) is 45.2 Å². The molecule has 0 aliphatic heterocycles. The zero-order chi connectivity index (χ0) is 48.8. The molecular formula is C49H94N6O7S. The molecule has 0 spiro atoms. The molecule has 368 valence electrons. The average Bonchev–Trinajstić information content (AvgIpc) is 3.79. The molecule has 0 aliphatic rings. The Morgan fingerprint density at radius 2 is 1.48 bits per heavy atom. The van der Waals surface area contributed by atoms with E-state index in [-0.39, 0.29) is 48.8 Å². The van der Waals surface area contributed by atoms with Crippen molar-refractivity contribution in [1.29, 1.82) is 0 Å². The van der Waals surface area contributed by atoms with Crippen LogP contribution in [0.15, 0.2) is 29.6 Å². The SMILES string of the molecule is CC.CC.CCCCC(=O)N(CCC)C(CC(OCCC)c1nc(C(=O)NC(CCC)Cc2ccc(OCCCCN)cc2)cs1)C(C)C.CCCCN(C)CC.NC=O.O=CO. The molecule has 3 atom stereocenters. The lowest BCUT2D eigenvalue weighted by Crippen LogP contribution is -2.44. The third-order valence-corrected chi connectivity index (χ3v) is 10.3. The Kier molecular flexibility index (Phi) is 50.2. The Labute approximate surface area is 388 Å². The smallest absolute Gasteiger partial charge is 0.290 e. The van der Waals surface area contributed by atoms with Crippen LogP contribution >= 0.6 is 11.3 Å². The summed E-state index contributed by atoms with van der Waals surface area (Å²) in [5, 5.41) is 12.8. The Hall–Kier alpha value is -3.59. The molecule has 0 fully saturated rings. The van der Waals surface area contributed by atoms with Crippen LogP contribution in [-0.2, 0) is 25.5 Å². The van der Waals surface area contributed by atoms with Crippen LogP contribution in [0.2, 0.25) is 0 Å². The summed E-state index contributed by atoms with van der Waals surface area (Å²) in [6.07, 6.45) is 12.0. The maximum atomic E-state index is 13.4. The Morgan fingerprint density at radius 1 is 0.873 bits per heavy atom. The highest BCUT2D eigenvalue weighted by molar-refractivity contribution is 7.09. The Balaban J connectivity index is -0.000000821. The van der Waals surface area contributed by atoms with Crippen molar-refractivity contribution in [2.45, 2.75) is 185 Å². The standard InChI is InChI=1S/C36H60N4O4S.C7H17N.2C2H6.CH3NO.CH2O2/c1-7-11-15-34(41)40(21-9-3)32(27(5)6)25-33(44-22-10-4)36-39-31(26-45-36)35(42)38-29(14-8-2)24-28-16-18-30(19-17-28)43-23-13-12-20-37;1-4-6-7-8(3)5-2;2*1-2;2*2-1-3/h16-19,26-27,29,32-33H,7-15,20-25,37H2,1-6H3,(H,38,42);4-7H2,1-3H3;2*1-2H3;1H,(H2,2,3);1H,(H,2,3). The highest BCUT2D eigenvalue weighted by Gasteiger charge is 2.31. The van der Waals surface area contributed by atoms with E-state index in [9.17, 15) is 9.59 Å². The van der Waals surface area contributed by atoms with Crippen LogP contribution in [0, 0.1) is 5.92 Å². The van der Waals surface area contributed by atoms with Crippen molar-refractivity contribution in [2.75, 3.05) is 46.4 Å². The molecule has 2 aromatic rings. The largest absolute Gasteiger partial charge is 0.494 e. The van der Waals surface area contributed by atoms with Crippen LogP contribution in [-0.4, -0.2) is 103 Å². The Bertz CT molecular complexity index is 1310. The van der Waals surface area contributed by atoms with Crippen molar-refractivity contribution in [1.82, 2.24) is 20.1 Å². The normalized spacial score (nSPS) is 11.5. The van der Waals surface area contributed by atoms with Crippen LogP contribution in [0.3, 0.4) is 0 Å². The zero-order valence-corrected chi connectivity index (χ0v) is 42.9. The highest BCUT2D eigenvalue weighted by Crippen LogP contribution is 2.31. The van der Waals surface area contributed by atoms with Crippen molar-refractivity contribution in [3.63, 3.8) is 0 Å². The van der Waals surface area contributed by atoms with Gasteiger partial charge in [-0.25, -0.2) is 4.98 Å². The molecule has 2 rings (SSSR count). The molecule has 0 saturated heterocycles. The first-order valence-electron chi connectivity index (χ1n) is 23.9. The molecule has 3 amide bonds. The van der Waals surface area contributed by atoms with E-state index in [1.54, 1.807) is 0 Å². The van der Waals surface area contributed by atoms with Gasteiger partial charge in [-0.15, -0.1) is 11.3 Å². The van der Waals surface area contributed by atoms with Crippen LogP contribution in [0.5, 0.6) is 5.75 Å². The fraction of sp³-hybridized carbons (Fsp3) is 0.735. The third kappa shape index (κ3) is 34.5. The quantitative estimate of drug-likeness (QED) is 0.0472. The molecule has 63 heavy (non-hydrogen) atoms. The molecule has 0 radical (unpaired) electrons. The van der Waals surface area contributed by atoms with Gasteiger partial charge in [-0.3, -0.25) is 19.2 Å². The number of aromatic nitrogens is 1. The predicted molar refractivity (Wildman–Crippen MR) is 266 cm³/mol. The number of benzene rings is 1. The van der Waals surface area contributed by atoms with E-state index >= 15 is 0 Å². The summed E-state index contributed by atoms with van der Waals surface area (Å²) in [5.74, 6) is 1.18. The Morgan fingerprint density at radius 3 is 1.97 bits per heavy atom. The highest BCUT2D eigenvalue weighted by atomic mass is 32.1. The minimum absolute atomic E-state index is 0.00170. The average molecular weight is 911 g/mol. The number of thiazole rings is 1. The van der Waals surface area contributed by atoms with Crippen molar-refractivity contribution >= 4 is 36.0 Å². The van der Waals surface area contributed by atoms with E-state index in [0.29, 0.717) is 38.3 Å². The van der Waals surface area contributed by atoms with Crippen molar-refractivity contribution in [3.8, 4) is 5.75 Å². The van der Waals surface area contributed by atoms with Gasteiger partial charge in [0.05, 0.1) is 6.61 Å². The summed E-state index contributed by atoms with van der Waals surface area (Å²) in [6, 6.07) is 8.17. The number of nitrogens with one attached hydrogen (secondary N) is 1. The molecule has 14 heteroatoms. The van der Waals surface area contributed by atoms with Gasteiger partial charge >= 0.3 is 0 Å². The zero-order valence-electron chi connectivity index (χ0n) is 42.1. The van der Waals surface area contributed by atoms with Gasteiger partial charge in [0.2, 0.25) is 12.3 Å². The summed E-state index contributed by atoms with van der Waals surface area (Å²) in [6.45, 7) is 30.1. The van der Waals surface area contributed by atoms with E-state index in [1.165, 1.54) is 37.3 Å². The third-order valence-electron chi connectivity index (χ3n) is 9.39. The van der Waals surface area contributed by atoms with Crippen molar-refractivity contribution in [2.24, 2.45) is 17.4 Å². The number of amides is 3. The van der Waals surface area contributed by atoms with Gasteiger partial charge < -0.3 is 41.2 Å². The number of carbonyl (C=O) groups excluding carboxylic acids is 3. The first-order chi connectivity index (χ1) is 30.4. The maximum absolute atomic E-state index is 13.4. The van der Waals surface area contributed by atoms with E-state index in [0.717, 1.165) is 80.7 Å². The molecule has 0 bridgehead atoms. The summed E-state index contributed by atoms with van der Waals surface area (Å²) in [4.78, 5) is 52.8. The van der Waals surface area contributed by atoms with E-state index in [2.05, 4.69) is 95.4 Å². The lowest BCUT2D eigenvalue weighted by molar-refractivity contribution is -0.136. The van der Waals surface area contributed by atoms with Gasteiger partial charge in [-0.2, -0.15) is 0 Å². The molecule has 6 N–H and O–H groups in total. The fourth-order valence-electron chi connectivity index (χ4n) is 6.07. The first-order valence-corrected chi connectivity index (χ1v) is 24.8. The van der Waals surface area contributed by atoms with Gasteiger partial charge in [-0.1, -0.05) is 114 Å². The van der Waals surface area contributed by atoms with Gasteiger partial charge in [-0.05, 0) is 102 Å². The van der Waals surface area contributed by atoms with Crippen molar-refractivity contribution in [3.05, 3.63) is 45.9 Å². The lowest BCUT2D eigenvalue weighted by atomic mass is 9.95. The number of ether oxygens (including phenoxy) is 2. The van der Waals surface area contributed by atoms with E-state index < -0.39 is 0 Å². The lowest BCUT2D eigenvalue weighted by Gasteiger charge is -2.36. The van der Waals surface area contributed by atoms with Crippen LogP contribution < -0.4 is 21.5 Å². The number of rotatable bonds is 28. The van der Waals surface area contributed by atoms with Crippen LogP contribution in [0.25, 0.3) is 0 Å². The van der Waals surface area contributed by atoms with E-state index in [4.69, 9.17) is 34.9 Å². The summed E-state index contributed by atoms with van der Waals surface area (Å²) in [7, 11) is 2.16. The molecule has 1 aromatic heterocycles. The van der Waals surface area contributed by atoms with Crippen LogP contribution in [0.4, 0.5) is 0 Å². The number of primary amides is 1. The number of nitrogens with two attached hydrogens (primary N) is 2. The number of carbonyl (C=O) groups is 4. The van der Waals surface area contributed by atoms with Crippen LogP contribution in [0.1, 0.15) is 187 Å². The molecule has 13 nitrogen and oxygen atoms in total. The maximum Gasteiger partial charge on any atom is 0.290 e. The van der Waals surface area contributed by atoms with Gasteiger partial charge in [0.15, 0.2) is 0 Å². The fourth-order valence-corrected chi connectivity index (χ4v) is 6.93. The number of carboxylic acid groups (broad SMARTS) is 1. The molecular weight excluding hydrogens is 817 g/mol. The second-order valence-corrected chi connectivity index (χ2v) is 15.7. The van der Waals surface area contributed by atoms with Gasteiger partial charge in [0.25, 0.3) is 12.4 Å². The molecule has 1 heterocycles. The minimum atomic E-state index is -0.273. The second-order valence-electron chi connectivity index (χ2n) is 14.8. The minimum Gasteiger partial charge on any atom is -0.494 e. The molecule has 3 unspecified atom stereocenters. The summed E-state index contributed by atoms with van der Waals surface area (Å²) in [5.41, 5.74) is 11.3. The molecule has 0 aliphatic carbocycles. The second kappa shape index (κ2) is 47.9. The summed E-state index contributed by atoms with van der Waals surface area (Å²) < 4.78 is 12.2. The predicted octanol–water partition coefficient (Wildman–Crippen LogP) is 10.3. The monoisotopic (exact) mass is 911 g/mol. The van der Waals surface area contributed by atoms with Crippen molar-refractivity contribution < 1.29 is 33.8 Å². The van der Waals surface area contributed by atoms with Gasteiger partial charge in [0.1, 0.15) is 22.6 Å². The molecule has 0 saturated carbocycles. The topological polar surface area (TPSA) is 190 Å².